The van der Waals surface area contributed by atoms with Crippen LogP contribution in [0.5, 0.6) is 5.75 Å². The molecular formula is C29H28N2O6S. The van der Waals surface area contributed by atoms with Gasteiger partial charge < -0.3 is 14.0 Å². The second kappa shape index (κ2) is 10.2. The van der Waals surface area contributed by atoms with Crippen molar-refractivity contribution in [3.8, 4) is 5.75 Å². The Labute approximate surface area is 224 Å². The largest absolute Gasteiger partial charge is 0.613 e. The first-order valence-electron chi connectivity index (χ1n) is 12.3. The number of esters is 1. The van der Waals surface area contributed by atoms with Crippen molar-refractivity contribution in [2.24, 2.45) is 0 Å². The van der Waals surface area contributed by atoms with E-state index in [0.29, 0.717) is 5.75 Å². The summed E-state index contributed by atoms with van der Waals surface area (Å²) < 4.78 is 24.1. The average molecular weight is 533 g/mol. The lowest BCUT2D eigenvalue weighted by atomic mass is 9.95. The molecule has 0 radical (unpaired) electrons. The molecule has 0 bridgehead atoms. The molecule has 8 nitrogen and oxygen atoms in total. The zero-order chi connectivity index (χ0) is 26.9. The third-order valence-electron chi connectivity index (χ3n) is 6.86. The van der Waals surface area contributed by atoms with E-state index in [1.54, 1.807) is 38.1 Å². The van der Waals surface area contributed by atoms with E-state index in [9.17, 15) is 18.9 Å². The summed E-state index contributed by atoms with van der Waals surface area (Å²) in [5, 5.41) is 2.73. The Morgan fingerprint density at radius 2 is 1.50 bits per heavy atom. The first kappa shape index (κ1) is 25.8. The predicted molar refractivity (Wildman–Crippen MR) is 141 cm³/mol. The van der Waals surface area contributed by atoms with E-state index >= 15 is 0 Å². The van der Waals surface area contributed by atoms with Gasteiger partial charge in [0.15, 0.2) is 23.5 Å². The van der Waals surface area contributed by atoms with Crippen LogP contribution in [0, 0.1) is 0 Å². The number of β-lactam (4-membered cyclic amide) rings is 1. The van der Waals surface area contributed by atoms with Gasteiger partial charge in [0.25, 0.3) is 10.9 Å². The Hall–Kier alpha value is -3.82. The standard InChI is InChI=1S/C29H28N2O6S/c1-28(2)26(27(34)37-25(20-12-6-3-7-13-20)21-14-8-4-9-15-21)31-24(33)18-29(31,38(28)35)30-23(32)19-36-22-16-10-5-11-17-22/h3-17,25-26H,18-19H2,1-2H3,(H,30,32)/t26-,29?,38-/m0/s1. The molecule has 0 spiro atoms. The second-order valence-corrected chi connectivity index (χ2v) is 12.1. The molecule has 196 valence electrons. The number of fused-ring (bicyclic) bond motifs is 1. The van der Waals surface area contributed by atoms with Gasteiger partial charge in [0, 0.05) is 11.2 Å². The maximum atomic E-state index is 13.8. The molecule has 3 atom stereocenters. The molecule has 3 aromatic carbocycles. The molecule has 0 aromatic heterocycles. The van der Waals surface area contributed by atoms with E-state index < -0.39 is 44.9 Å². The fourth-order valence-corrected chi connectivity index (χ4v) is 7.19. The summed E-state index contributed by atoms with van der Waals surface area (Å²) in [6.45, 7) is 2.97. The molecule has 0 aliphatic carbocycles. The molecule has 1 unspecified atom stereocenters. The van der Waals surface area contributed by atoms with Gasteiger partial charge in [0.05, 0.1) is 0 Å². The smallest absolute Gasteiger partial charge is 0.335 e. The van der Waals surface area contributed by atoms with E-state index in [2.05, 4.69) is 5.32 Å². The Kier molecular flexibility index (Phi) is 6.90. The van der Waals surface area contributed by atoms with Gasteiger partial charge in [-0.15, -0.1) is 0 Å². The number of hydrogen-bond donors (Lipinski definition) is 1. The molecule has 2 heterocycles. The van der Waals surface area contributed by atoms with Gasteiger partial charge in [-0.1, -0.05) is 78.9 Å². The van der Waals surface area contributed by atoms with Crippen molar-refractivity contribution in [1.82, 2.24) is 10.2 Å². The molecule has 2 aliphatic heterocycles. The SMILES string of the molecule is CC1(C)[C@H](C(=O)OC(c2ccccc2)c2ccccc2)N2C(=O)CC2(NC(=O)COc2ccccc2)[S@@+]1[O-]. The number of hydrogen-bond acceptors (Lipinski definition) is 6. The third kappa shape index (κ3) is 4.52. The van der Waals surface area contributed by atoms with E-state index in [0.717, 1.165) is 11.1 Å². The topological polar surface area (TPSA) is 108 Å². The van der Waals surface area contributed by atoms with E-state index in [-0.39, 0.29) is 18.9 Å². The van der Waals surface area contributed by atoms with Crippen LogP contribution in [-0.4, -0.2) is 49.6 Å². The molecule has 1 N–H and O–H groups in total. The van der Waals surface area contributed by atoms with Gasteiger partial charge in [-0.2, -0.15) is 0 Å². The first-order valence-corrected chi connectivity index (χ1v) is 13.4. The van der Waals surface area contributed by atoms with Crippen LogP contribution >= 0.6 is 0 Å². The lowest BCUT2D eigenvalue weighted by Crippen LogP contribution is -2.73. The number of ether oxygens (including phenoxy) is 2. The van der Waals surface area contributed by atoms with Gasteiger partial charge in [-0.3, -0.25) is 19.8 Å². The lowest BCUT2D eigenvalue weighted by molar-refractivity contribution is -0.171. The Balaban J connectivity index is 1.38. The second-order valence-electron chi connectivity index (χ2n) is 9.79. The van der Waals surface area contributed by atoms with Crippen LogP contribution in [0.3, 0.4) is 0 Å². The molecular weight excluding hydrogens is 504 g/mol. The monoisotopic (exact) mass is 532 g/mol. The predicted octanol–water partition coefficient (Wildman–Crippen LogP) is 3.31. The summed E-state index contributed by atoms with van der Waals surface area (Å²) >= 11 is -1.81. The molecule has 2 fully saturated rings. The molecule has 5 rings (SSSR count). The summed E-state index contributed by atoms with van der Waals surface area (Å²) in [5.41, 5.74) is 1.52. The van der Waals surface area contributed by atoms with Gasteiger partial charge >= 0.3 is 5.97 Å². The minimum absolute atomic E-state index is 0.176. The highest BCUT2D eigenvalue weighted by atomic mass is 32.2. The van der Waals surface area contributed by atoms with Crippen molar-refractivity contribution < 1.29 is 28.4 Å². The third-order valence-corrected chi connectivity index (χ3v) is 9.10. The fourth-order valence-electron chi connectivity index (χ4n) is 5.06. The van der Waals surface area contributed by atoms with Crippen molar-refractivity contribution in [2.75, 3.05) is 6.61 Å². The fraction of sp³-hybridized carbons (Fsp3) is 0.276. The van der Waals surface area contributed by atoms with Crippen LogP contribution in [0.4, 0.5) is 0 Å². The molecule has 9 heteroatoms. The number of rotatable bonds is 8. The summed E-state index contributed by atoms with van der Waals surface area (Å²) in [5.74, 6) is -1.11. The molecule has 2 aliphatic rings. The Morgan fingerprint density at radius 1 is 0.974 bits per heavy atom. The maximum absolute atomic E-state index is 13.8. The van der Waals surface area contributed by atoms with Crippen molar-refractivity contribution in [1.29, 1.82) is 0 Å². The van der Waals surface area contributed by atoms with Crippen molar-refractivity contribution in [2.45, 2.75) is 42.2 Å². The number of carbonyl (C=O) groups is 3. The summed E-state index contributed by atoms with van der Waals surface area (Å²) in [6.07, 6.45) is -0.903. The molecule has 2 amide bonds. The molecule has 2 saturated heterocycles. The highest BCUT2D eigenvalue weighted by molar-refractivity contribution is 7.94. The van der Waals surface area contributed by atoms with Crippen LogP contribution in [0.1, 0.15) is 37.5 Å². The average Bonchev–Trinajstić information content (AvgIpc) is 3.06. The minimum Gasteiger partial charge on any atom is -0.613 e. The summed E-state index contributed by atoms with van der Waals surface area (Å²) in [7, 11) is 0. The van der Waals surface area contributed by atoms with Gasteiger partial charge in [0.2, 0.25) is 5.91 Å². The normalized spacial score (nSPS) is 23.4. The van der Waals surface area contributed by atoms with Crippen LogP contribution in [0.15, 0.2) is 91.0 Å². The van der Waals surface area contributed by atoms with Crippen LogP contribution in [0.2, 0.25) is 0 Å². The number of para-hydroxylation sites is 1. The minimum atomic E-state index is -1.81. The molecule has 0 saturated carbocycles. The number of carbonyl (C=O) groups excluding carboxylic acids is 3. The lowest BCUT2D eigenvalue weighted by Gasteiger charge is -2.45. The summed E-state index contributed by atoms with van der Waals surface area (Å²) in [6, 6.07) is 26.2. The van der Waals surface area contributed by atoms with Gasteiger partial charge in [-0.25, -0.2) is 4.79 Å². The number of nitrogens with zero attached hydrogens (tertiary/aromatic N) is 1. The van der Waals surface area contributed by atoms with Crippen molar-refractivity contribution in [3.05, 3.63) is 102 Å². The van der Waals surface area contributed by atoms with E-state index in [1.165, 1.54) is 4.90 Å². The zero-order valence-electron chi connectivity index (χ0n) is 21.0. The quantitative estimate of drug-likeness (QED) is 0.271. The van der Waals surface area contributed by atoms with Crippen LogP contribution < -0.4 is 10.1 Å². The van der Waals surface area contributed by atoms with Crippen molar-refractivity contribution >= 4 is 29.0 Å². The molecule has 38 heavy (non-hydrogen) atoms. The van der Waals surface area contributed by atoms with Gasteiger partial charge in [0.1, 0.15) is 12.2 Å². The number of benzene rings is 3. The van der Waals surface area contributed by atoms with Gasteiger partial charge in [-0.05, 0) is 37.1 Å². The molecule has 3 aromatic rings. The zero-order valence-corrected chi connectivity index (χ0v) is 21.9. The van der Waals surface area contributed by atoms with Crippen molar-refractivity contribution in [3.63, 3.8) is 0 Å². The van der Waals surface area contributed by atoms with Crippen LogP contribution in [-0.2, 0) is 30.3 Å². The Bertz CT molecular complexity index is 1280. The number of nitrogens with one attached hydrogen (secondary N) is 1. The highest BCUT2D eigenvalue weighted by Gasteiger charge is 2.78. The first-order chi connectivity index (χ1) is 18.2. The Morgan fingerprint density at radius 3 is 2.03 bits per heavy atom. The number of amides is 2. The highest BCUT2D eigenvalue weighted by Crippen LogP contribution is 2.52. The summed E-state index contributed by atoms with van der Waals surface area (Å²) in [4.78, 5) is 39.1. The van der Waals surface area contributed by atoms with E-state index in [4.69, 9.17) is 9.47 Å². The van der Waals surface area contributed by atoms with E-state index in [1.807, 2.05) is 66.7 Å². The van der Waals surface area contributed by atoms with Crippen LogP contribution in [0.25, 0.3) is 0 Å². The maximum Gasteiger partial charge on any atom is 0.335 e.